The van der Waals surface area contributed by atoms with Crippen LogP contribution in [0.4, 0.5) is 5.82 Å². The molecule has 7 nitrogen and oxygen atoms in total. The van der Waals surface area contributed by atoms with E-state index in [0.717, 1.165) is 38.5 Å². The van der Waals surface area contributed by atoms with Gasteiger partial charge in [0.1, 0.15) is 10.8 Å². The number of nitrogens with zero attached hydrogens (tertiary/aromatic N) is 3. The van der Waals surface area contributed by atoms with Gasteiger partial charge in [-0.1, -0.05) is 18.0 Å². The molecule has 3 bridgehead atoms. The maximum Gasteiger partial charge on any atom is 0.273 e. The summed E-state index contributed by atoms with van der Waals surface area (Å²) in [6.07, 6.45) is 5.68. The van der Waals surface area contributed by atoms with Crippen molar-refractivity contribution >= 4 is 29.2 Å². The molecule has 5 atom stereocenters. The van der Waals surface area contributed by atoms with E-state index in [1.54, 1.807) is 11.7 Å². The molecule has 1 aromatic heterocycles. The van der Waals surface area contributed by atoms with E-state index >= 15 is 0 Å². The Balaban J connectivity index is 1.58. The first-order valence-electron chi connectivity index (χ1n) is 9.75. The molecule has 0 radical (unpaired) electrons. The summed E-state index contributed by atoms with van der Waals surface area (Å²) in [4.78, 5) is 27.1. The van der Waals surface area contributed by atoms with Gasteiger partial charge < -0.3 is 16.0 Å². The van der Waals surface area contributed by atoms with Crippen LogP contribution in [0.25, 0.3) is 0 Å². The number of carbonyl (C=O) groups excluding carboxylic acids is 2. The molecular weight excluding hydrogens is 366 g/mol. The summed E-state index contributed by atoms with van der Waals surface area (Å²) in [5, 5.41) is 7.93. The van der Waals surface area contributed by atoms with Crippen LogP contribution in [0.2, 0.25) is 5.02 Å². The van der Waals surface area contributed by atoms with Crippen molar-refractivity contribution < 1.29 is 9.59 Å². The van der Waals surface area contributed by atoms with Crippen molar-refractivity contribution in [2.75, 3.05) is 19.0 Å². The molecule has 3 unspecified atom stereocenters. The molecule has 3 aliphatic carbocycles. The first-order chi connectivity index (χ1) is 12.7. The molecule has 1 heterocycles. The van der Waals surface area contributed by atoms with Crippen LogP contribution >= 0.6 is 11.6 Å². The first-order valence-corrected chi connectivity index (χ1v) is 10.1. The molecule has 8 heteroatoms. The monoisotopic (exact) mass is 393 g/mol. The highest BCUT2D eigenvalue weighted by molar-refractivity contribution is 6.36. The van der Waals surface area contributed by atoms with Crippen molar-refractivity contribution in [1.29, 1.82) is 0 Å². The second-order valence-corrected chi connectivity index (χ2v) is 9.19. The number of anilines is 1. The van der Waals surface area contributed by atoms with Crippen LogP contribution in [0.3, 0.4) is 0 Å². The summed E-state index contributed by atoms with van der Waals surface area (Å²) in [5.74, 6) is 1.41. The van der Waals surface area contributed by atoms with Crippen LogP contribution in [0.15, 0.2) is 0 Å². The van der Waals surface area contributed by atoms with Crippen molar-refractivity contribution in [3.05, 3.63) is 10.7 Å². The number of hydrogen-bond donors (Lipinski definition) is 2. The number of amides is 2. The summed E-state index contributed by atoms with van der Waals surface area (Å²) in [7, 11) is 5.52. The van der Waals surface area contributed by atoms with Gasteiger partial charge in [-0.25, -0.2) is 0 Å². The molecule has 148 valence electrons. The van der Waals surface area contributed by atoms with E-state index in [1.165, 1.54) is 0 Å². The standard InChI is InChI=1S/C19H28ClN5O2/c1-24(2)17-13(20)15(23-25(17)3)16(26)22-14-10-5-4-6-19(18(21)27)9-11(14)8-12(19)7-10/h10-12,14H,4-9H2,1-3H3,(H2,21,27)(H,22,26)/t10?,11?,12?,14-,19+/m0/s1. The third-order valence-corrected chi connectivity index (χ3v) is 7.53. The van der Waals surface area contributed by atoms with Crippen molar-refractivity contribution in [3.63, 3.8) is 0 Å². The number of carbonyl (C=O) groups is 2. The number of halogens is 1. The van der Waals surface area contributed by atoms with E-state index in [0.29, 0.717) is 28.6 Å². The Morgan fingerprint density at radius 1 is 1.33 bits per heavy atom. The summed E-state index contributed by atoms with van der Waals surface area (Å²) in [5.41, 5.74) is 5.74. The summed E-state index contributed by atoms with van der Waals surface area (Å²) in [6.45, 7) is 0. The Morgan fingerprint density at radius 2 is 2.04 bits per heavy atom. The highest BCUT2D eigenvalue weighted by atomic mass is 35.5. The molecule has 4 rings (SSSR count). The van der Waals surface area contributed by atoms with E-state index in [4.69, 9.17) is 17.3 Å². The fourth-order valence-electron chi connectivity index (χ4n) is 6.09. The molecular formula is C19H28ClN5O2. The first kappa shape index (κ1) is 18.6. The van der Waals surface area contributed by atoms with E-state index in [9.17, 15) is 9.59 Å². The number of nitrogens with two attached hydrogens (primary N) is 1. The van der Waals surface area contributed by atoms with Crippen LogP contribution in [-0.2, 0) is 11.8 Å². The Hall–Kier alpha value is -1.76. The average molecular weight is 394 g/mol. The predicted molar refractivity (Wildman–Crippen MR) is 104 cm³/mol. The van der Waals surface area contributed by atoms with Gasteiger partial charge in [-0.2, -0.15) is 5.10 Å². The Morgan fingerprint density at radius 3 is 2.67 bits per heavy atom. The highest BCUT2D eigenvalue weighted by Crippen LogP contribution is 2.60. The van der Waals surface area contributed by atoms with E-state index in [-0.39, 0.29) is 29.0 Å². The lowest BCUT2D eigenvalue weighted by Crippen LogP contribution is -2.47. The number of rotatable bonds is 4. The van der Waals surface area contributed by atoms with Crippen LogP contribution in [-0.4, -0.2) is 41.7 Å². The molecule has 0 spiro atoms. The van der Waals surface area contributed by atoms with E-state index < -0.39 is 0 Å². The lowest BCUT2D eigenvalue weighted by molar-refractivity contribution is -0.130. The fourth-order valence-corrected chi connectivity index (χ4v) is 6.50. The third kappa shape index (κ3) is 2.73. The van der Waals surface area contributed by atoms with Gasteiger partial charge in [0.25, 0.3) is 5.91 Å². The van der Waals surface area contributed by atoms with Crippen molar-refractivity contribution in [2.24, 2.45) is 36.0 Å². The van der Waals surface area contributed by atoms with Crippen LogP contribution in [0.1, 0.15) is 49.0 Å². The quantitative estimate of drug-likeness (QED) is 0.817. The molecule has 2 amide bonds. The van der Waals surface area contributed by atoms with E-state index in [1.807, 2.05) is 19.0 Å². The summed E-state index contributed by atoms with van der Waals surface area (Å²) in [6, 6.07) is 0.0659. The van der Waals surface area contributed by atoms with Crippen LogP contribution in [0, 0.1) is 23.2 Å². The molecule has 0 aromatic carbocycles. The van der Waals surface area contributed by atoms with Crippen molar-refractivity contribution in [3.8, 4) is 0 Å². The Bertz CT molecular complexity index is 791. The lowest BCUT2D eigenvalue weighted by atomic mass is 9.73. The number of primary amides is 1. The Labute approximate surface area is 164 Å². The molecule has 0 saturated heterocycles. The average Bonchev–Trinajstić information content (AvgIpc) is 3.00. The van der Waals surface area contributed by atoms with E-state index in [2.05, 4.69) is 10.4 Å². The van der Waals surface area contributed by atoms with Gasteiger partial charge in [0.15, 0.2) is 5.69 Å². The second kappa shape index (κ2) is 6.40. The largest absolute Gasteiger partial charge is 0.369 e. The zero-order chi connectivity index (χ0) is 19.5. The van der Waals surface area contributed by atoms with Gasteiger partial charge in [0.05, 0.1) is 5.41 Å². The van der Waals surface area contributed by atoms with Gasteiger partial charge in [-0.15, -0.1) is 0 Å². The zero-order valence-corrected chi connectivity index (χ0v) is 16.9. The molecule has 27 heavy (non-hydrogen) atoms. The lowest BCUT2D eigenvalue weighted by Gasteiger charge is -2.36. The maximum atomic E-state index is 13.0. The molecule has 3 saturated carbocycles. The fraction of sp³-hybridized carbons (Fsp3) is 0.737. The topological polar surface area (TPSA) is 93.2 Å². The highest BCUT2D eigenvalue weighted by Gasteiger charge is 2.58. The molecule has 1 aromatic rings. The van der Waals surface area contributed by atoms with Gasteiger partial charge in [-0.3, -0.25) is 14.3 Å². The molecule has 3 N–H and O–H groups in total. The molecule has 0 aliphatic heterocycles. The summed E-state index contributed by atoms with van der Waals surface area (Å²) < 4.78 is 1.63. The van der Waals surface area contributed by atoms with Gasteiger partial charge >= 0.3 is 0 Å². The van der Waals surface area contributed by atoms with Gasteiger partial charge in [0.2, 0.25) is 5.91 Å². The number of aromatic nitrogens is 2. The summed E-state index contributed by atoms with van der Waals surface area (Å²) >= 11 is 6.44. The second-order valence-electron chi connectivity index (χ2n) is 8.81. The van der Waals surface area contributed by atoms with Crippen molar-refractivity contribution in [2.45, 2.75) is 44.6 Å². The van der Waals surface area contributed by atoms with Gasteiger partial charge in [0, 0.05) is 27.2 Å². The minimum Gasteiger partial charge on any atom is -0.369 e. The maximum absolute atomic E-state index is 13.0. The van der Waals surface area contributed by atoms with Crippen molar-refractivity contribution in [1.82, 2.24) is 15.1 Å². The number of hydrogen-bond acceptors (Lipinski definition) is 4. The Kier molecular flexibility index (Phi) is 4.41. The van der Waals surface area contributed by atoms with Crippen LogP contribution < -0.4 is 16.0 Å². The minimum absolute atomic E-state index is 0.0659. The predicted octanol–water partition coefficient (Wildman–Crippen LogP) is 1.94. The smallest absolute Gasteiger partial charge is 0.273 e. The number of fused-ring (bicyclic) bond motifs is 2. The minimum atomic E-state index is -0.361. The molecule has 3 aliphatic rings. The SMILES string of the molecule is CN(C)c1c(Cl)c(C(=O)N[C@H]2C3CCC[C@@]4(C(N)=O)CC2CC4C3)nn1C. The number of nitrogens with one attached hydrogen (secondary N) is 1. The van der Waals surface area contributed by atoms with Crippen LogP contribution in [0.5, 0.6) is 0 Å². The normalized spacial score (nSPS) is 34.4. The third-order valence-electron chi connectivity index (χ3n) is 7.18. The number of aryl methyl sites for hydroxylation is 1. The zero-order valence-electron chi connectivity index (χ0n) is 16.2. The molecule has 3 fully saturated rings. The van der Waals surface area contributed by atoms with Gasteiger partial charge in [-0.05, 0) is 49.9 Å².